The number of hydrogen-bond donors (Lipinski definition) is 2. The zero-order chi connectivity index (χ0) is 13.8. The first-order chi connectivity index (χ1) is 9.11. The SMILES string of the molecule is CNc1ccncc1C(=O)NC1CCC(C)C(C)C1. The molecule has 1 aromatic heterocycles. The zero-order valence-corrected chi connectivity index (χ0v) is 11.9. The fraction of sp³-hybridized carbons (Fsp3) is 0.600. The number of pyridine rings is 1. The molecule has 0 aromatic carbocycles. The van der Waals surface area contributed by atoms with Gasteiger partial charge in [0.2, 0.25) is 0 Å². The van der Waals surface area contributed by atoms with Gasteiger partial charge in [-0.3, -0.25) is 9.78 Å². The molecule has 104 valence electrons. The Balaban J connectivity index is 2.01. The van der Waals surface area contributed by atoms with Crippen molar-refractivity contribution in [3.05, 3.63) is 24.0 Å². The van der Waals surface area contributed by atoms with Crippen molar-refractivity contribution in [2.24, 2.45) is 11.8 Å². The second kappa shape index (κ2) is 6.04. The van der Waals surface area contributed by atoms with Gasteiger partial charge in [-0.25, -0.2) is 0 Å². The molecule has 0 aliphatic heterocycles. The van der Waals surface area contributed by atoms with Crippen molar-refractivity contribution in [1.29, 1.82) is 0 Å². The monoisotopic (exact) mass is 261 g/mol. The molecule has 4 nitrogen and oxygen atoms in total. The second-order valence-corrected chi connectivity index (χ2v) is 5.61. The average molecular weight is 261 g/mol. The molecule has 1 aliphatic rings. The molecule has 2 rings (SSSR count). The van der Waals surface area contributed by atoms with Crippen molar-refractivity contribution in [3.63, 3.8) is 0 Å². The fourth-order valence-corrected chi connectivity index (χ4v) is 2.74. The summed E-state index contributed by atoms with van der Waals surface area (Å²) in [5.74, 6) is 1.42. The van der Waals surface area contributed by atoms with Crippen LogP contribution in [0.1, 0.15) is 43.5 Å². The van der Waals surface area contributed by atoms with Crippen LogP contribution in [0.15, 0.2) is 18.5 Å². The molecule has 1 fully saturated rings. The van der Waals surface area contributed by atoms with Crippen LogP contribution in [-0.4, -0.2) is 24.0 Å². The van der Waals surface area contributed by atoms with E-state index in [9.17, 15) is 4.79 Å². The predicted octanol–water partition coefficient (Wildman–Crippen LogP) is 2.68. The molecule has 3 unspecified atom stereocenters. The van der Waals surface area contributed by atoms with Gasteiger partial charge < -0.3 is 10.6 Å². The number of amides is 1. The van der Waals surface area contributed by atoms with Gasteiger partial charge in [0.25, 0.3) is 5.91 Å². The van der Waals surface area contributed by atoms with Gasteiger partial charge in [-0.15, -0.1) is 0 Å². The standard InChI is InChI=1S/C15H23N3O/c1-10-4-5-12(8-11(10)2)18-15(19)13-9-17-7-6-14(13)16-3/h6-7,9-12H,4-5,8H2,1-3H3,(H,16,17)(H,18,19). The van der Waals surface area contributed by atoms with E-state index in [-0.39, 0.29) is 5.91 Å². The van der Waals surface area contributed by atoms with Crippen LogP contribution in [0.2, 0.25) is 0 Å². The van der Waals surface area contributed by atoms with Crippen LogP contribution in [-0.2, 0) is 0 Å². The smallest absolute Gasteiger partial charge is 0.255 e. The Morgan fingerprint density at radius 2 is 2.11 bits per heavy atom. The lowest BCUT2D eigenvalue weighted by molar-refractivity contribution is 0.0911. The maximum atomic E-state index is 12.3. The molecule has 3 atom stereocenters. The van der Waals surface area contributed by atoms with Crippen LogP contribution in [0.4, 0.5) is 5.69 Å². The van der Waals surface area contributed by atoms with Gasteiger partial charge in [0.15, 0.2) is 0 Å². The van der Waals surface area contributed by atoms with Crippen molar-refractivity contribution >= 4 is 11.6 Å². The maximum Gasteiger partial charge on any atom is 0.255 e. The molecule has 19 heavy (non-hydrogen) atoms. The molecule has 0 saturated heterocycles. The number of carbonyl (C=O) groups excluding carboxylic acids is 1. The summed E-state index contributed by atoms with van der Waals surface area (Å²) in [5, 5.41) is 6.17. The van der Waals surface area contributed by atoms with Crippen LogP contribution < -0.4 is 10.6 Å². The van der Waals surface area contributed by atoms with E-state index < -0.39 is 0 Å². The molecule has 1 heterocycles. The Morgan fingerprint density at radius 3 is 2.79 bits per heavy atom. The molecule has 0 radical (unpaired) electrons. The Bertz CT molecular complexity index is 447. The third-order valence-corrected chi connectivity index (χ3v) is 4.27. The van der Waals surface area contributed by atoms with E-state index in [2.05, 4.69) is 29.5 Å². The number of nitrogens with one attached hydrogen (secondary N) is 2. The van der Waals surface area contributed by atoms with Gasteiger partial charge >= 0.3 is 0 Å². The molecule has 1 saturated carbocycles. The number of rotatable bonds is 3. The van der Waals surface area contributed by atoms with Crippen molar-refractivity contribution in [1.82, 2.24) is 10.3 Å². The van der Waals surface area contributed by atoms with E-state index in [1.54, 1.807) is 12.4 Å². The number of aromatic nitrogens is 1. The molecule has 0 bridgehead atoms. The lowest BCUT2D eigenvalue weighted by Crippen LogP contribution is -2.40. The summed E-state index contributed by atoms with van der Waals surface area (Å²) >= 11 is 0. The summed E-state index contributed by atoms with van der Waals surface area (Å²) in [6, 6.07) is 2.11. The van der Waals surface area contributed by atoms with E-state index in [0.717, 1.165) is 24.4 Å². The lowest BCUT2D eigenvalue weighted by Gasteiger charge is -2.32. The van der Waals surface area contributed by atoms with Gasteiger partial charge in [-0.2, -0.15) is 0 Å². The molecule has 0 spiro atoms. The Hall–Kier alpha value is -1.58. The first kappa shape index (κ1) is 13.8. The van der Waals surface area contributed by atoms with Crippen LogP contribution in [0.25, 0.3) is 0 Å². The highest BCUT2D eigenvalue weighted by atomic mass is 16.1. The quantitative estimate of drug-likeness (QED) is 0.879. The molecule has 2 N–H and O–H groups in total. The highest BCUT2D eigenvalue weighted by molar-refractivity contribution is 5.99. The summed E-state index contributed by atoms with van der Waals surface area (Å²) in [6.45, 7) is 4.56. The van der Waals surface area contributed by atoms with Gasteiger partial charge in [0.1, 0.15) is 0 Å². The molecule has 1 amide bonds. The molecule has 4 heteroatoms. The largest absolute Gasteiger partial charge is 0.387 e. The Morgan fingerprint density at radius 1 is 1.32 bits per heavy atom. The summed E-state index contributed by atoms with van der Waals surface area (Å²) in [7, 11) is 1.82. The second-order valence-electron chi connectivity index (χ2n) is 5.61. The molecule has 1 aromatic rings. The number of carbonyl (C=O) groups is 1. The summed E-state index contributed by atoms with van der Waals surface area (Å²) in [6.07, 6.45) is 6.65. The highest BCUT2D eigenvalue weighted by Crippen LogP contribution is 2.29. The minimum absolute atomic E-state index is 0.0239. The molecule has 1 aliphatic carbocycles. The zero-order valence-electron chi connectivity index (χ0n) is 11.9. The third-order valence-electron chi connectivity index (χ3n) is 4.27. The Kier molecular flexibility index (Phi) is 4.40. The minimum Gasteiger partial charge on any atom is -0.387 e. The lowest BCUT2D eigenvalue weighted by atomic mass is 9.79. The van der Waals surface area contributed by atoms with Crippen LogP contribution in [0, 0.1) is 11.8 Å². The number of hydrogen-bond acceptors (Lipinski definition) is 3. The van der Waals surface area contributed by atoms with E-state index in [1.165, 1.54) is 6.42 Å². The molecular weight excluding hydrogens is 238 g/mol. The first-order valence-corrected chi connectivity index (χ1v) is 7.04. The van der Waals surface area contributed by atoms with E-state index in [1.807, 2.05) is 13.1 Å². The van der Waals surface area contributed by atoms with Gasteiger partial charge in [0.05, 0.1) is 5.56 Å². The predicted molar refractivity (Wildman–Crippen MR) is 77.2 cm³/mol. The minimum atomic E-state index is -0.0239. The van der Waals surface area contributed by atoms with E-state index in [4.69, 9.17) is 0 Å². The van der Waals surface area contributed by atoms with Gasteiger partial charge in [0, 0.05) is 31.2 Å². The highest BCUT2D eigenvalue weighted by Gasteiger charge is 2.26. The fourth-order valence-electron chi connectivity index (χ4n) is 2.74. The summed E-state index contributed by atoms with van der Waals surface area (Å²) < 4.78 is 0. The number of nitrogens with zero attached hydrogens (tertiary/aromatic N) is 1. The van der Waals surface area contributed by atoms with E-state index >= 15 is 0 Å². The van der Waals surface area contributed by atoms with Crippen molar-refractivity contribution < 1.29 is 4.79 Å². The van der Waals surface area contributed by atoms with Crippen molar-refractivity contribution in [2.45, 2.75) is 39.2 Å². The van der Waals surface area contributed by atoms with Crippen LogP contribution in [0.5, 0.6) is 0 Å². The van der Waals surface area contributed by atoms with Crippen molar-refractivity contribution in [2.75, 3.05) is 12.4 Å². The van der Waals surface area contributed by atoms with Gasteiger partial charge in [-0.05, 0) is 37.2 Å². The van der Waals surface area contributed by atoms with Crippen molar-refractivity contribution in [3.8, 4) is 0 Å². The number of anilines is 1. The van der Waals surface area contributed by atoms with Crippen LogP contribution in [0.3, 0.4) is 0 Å². The normalized spacial score (nSPS) is 26.8. The topological polar surface area (TPSA) is 54.0 Å². The summed E-state index contributed by atoms with van der Waals surface area (Å²) in [5.41, 5.74) is 1.45. The third kappa shape index (κ3) is 3.25. The summed E-state index contributed by atoms with van der Waals surface area (Å²) in [4.78, 5) is 16.3. The molecular formula is C15H23N3O. The maximum absolute atomic E-state index is 12.3. The van der Waals surface area contributed by atoms with E-state index in [0.29, 0.717) is 17.5 Å². The van der Waals surface area contributed by atoms with Crippen LogP contribution >= 0.6 is 0 Å². The Labute approximate surface area is 115 Å². The average Bonchev–Trinajstić information content (AvgIpc) is 2.43. The van der Waals surface area contributed by atoms with Gasteiger partial charge in [-0.1, -0.05) is 13.8 Å². The first-order valence-electron chi connectivity index (χ1n) is 7.04.